The lowest BCUT2D eigenvalue weighted by atomic mass is 10.2. The van der Waals surface area contributed by atoms with E-state index in [9.17, 15) is 9.18 Å². The van der Waals surface area contributed by atoms with Gasteiger partial charge in [0.15, 0.2) is 29.8 Å². The number of hydrogen-bond donors (Lipinski definition) is 3. The third-order valence-electron chi connectivity index (χ3n) is 5.60. The van der Waals surface area contributed by atoms with Gasteiger partial charge in [-0.05, 0) is 43.3 Å². The molecule has 1 fully saturated rings. The third-order valence-corrected chi connectivity index (χ3v) is 5.60. The zero-order valence-electron chi connectivity index (χ0n) is 19.7. The highest BCUT2D eigenvalue weighted by molar-refractivity contribution is 5.94. The lowest BCUT2D eigenvalue weighted by molar-refractivity contribution is -0.118. The maximum Gasteiger partial charge on any atom is 0.263 e. The summed E-state index contributed by atoms with van der Waals surface area (Å²) in [6, 6.07) is 11.1. The second kappa shape index (κ2) is 10.7. The largest absolute Gasteiger partial charge is 0.480 e. The van der Waals surface area contributed by atoms with Crippen LogP contribution in [0.2, 0.25) is 0 Å². The van der Waals surface area contributed by atoms with Gasteiger partial charge < -0.3 is 35.1 Å². The van der Waals surface area contributed by atoms with Gasteiger partial charge in [0.05, 0.1) is 25.5 Å². The second-order valence-corrected chi connectivity index (χ2v) is 8.17. The number of benzene rings is 1. The van der Waals surface area contributed by atoms with Gasteiger partial charge in [-0.3, -0.25) is 4.79 Å². The van der Waals surface area contributed by atoms with Crippen molar-refractivity contribution in [3.05, 3.63) is 48.4 Å². The Balaban J connectivity index is 1.24. The highest BCUT2D eigenvalue weighted by Crippen LogP contribution is 2.29. The molecule has 3 N–H and O–H groups in total. The zero-order chi connectivity index (χ0) is 24.9. The van der Waals surface area contributed by atoms with Crippen LogP contribution in [0.15, 0.2) is 42.6 Å². The number of fused-ring (bicyclic) bond motifs is 1. The van der Waals surface area contributed by atoms with E-state index in [0.29, 0.717) is 31.4 Å². The molecule has 2 aliphatic heterocycles. The van der Waals surface area contributed by atoms with Crippen molar-refractivity contribution in [2.45, 2.75) is 13.0 Å². The molecule has 3 aromatic rings. The van der Waals surface area contributed by atoms with E-state index >= 15 is 0 Å². The quantitative estimate of drug-likeness (QED) is 0.430. The molecule has 11 nitrogen and oxygen atoms in total. The number of amides is 1. The minimum atomic E-state index is -0.648. The Morgan fingerprint density at radius 3 is 2.89 bits per heavy atom. The average molecular weight is 496 g/mol. The molecule has 36 heavy (non-hydrogen) atoms. The molecule has 1 saturated heterocycles. The minimum Gasteiger partial charge on any atom is -0.480 e. The molecule has 1 amide bonds. The fraction of sp³-hybridized carbons (Fsp3) is 0.333. The Labute approximate surface area is 207 Å². The van der Waals surface area contributed by atoms with Gasteiger partial charge in [0, 0.05) is 31.1 Å². The van der Waals surface area contributed by atoms with Gasteiger partial charge >= 0.3 is 0 Å². The van der Waals surface area contributed by atoms with Crippen molar-refractivity contribution in [3.8, 4) is 5.75 Å². The number of nitrogens with one attached hydrogen (secondary N) is 3. The normalized spacial score (nSPS) is 17.1. The van der Waals surface area contributed by atoms with Gasteiger partial charge in [0.1, 0.15) is 5.82 Å². The van der Waals surface area contributed by atoms with Crippen molar-refractivity contribution >= 4 is 40.7 Å². The van der Waals surface area contributed by atoms with E-state index in [4.69, 9.17) is 14.2 Å². The van der Waals surface area contributed by atoms with Crippen LogP contribution in [0.1, 0.15) is 6.92 Å². The smallest absolute Gasteiger partial charge is 0.263 e. The van der Waals surface area contributed by atoms with Crippen LogP contribution < -0.4 is 25.6 Å². The summed E-state index contributed by atoms with van der Waals surface area (Å²) in [5, 5.41) is 8.53. The van der Waals surface area contributed by atoms with Crippen molar-refractivity contribution in [1.82, 2.24) is 15.0 Å². The molecule has 1 aromatic carbocycles. The first-order chi connectivity index (χ1) is 17.6. The summed E-state index contributed by atoms with van der Waals surface area (Å²) in [5.41, 5.74) is 1.82. The number of aromatic nitrogens is 3. The van der Waals surface area contributed by atoms with E-state index in [0.717, 1.165) is 30.7 Å². The maximum absolute atomic E-state index is 14.4. The number of carbonyl (C=O) groups excluding carboxylic acids is 1. The number of anilines is 6. The van der Waals surface area contributed by atoms with Crippen LogP contribution in [0.4, 0.5) is 39.2 Å². The van der Waals surface area contributed by atoms with Crippen LogP contribution in [0.5, 0.6) is 5.75 Å². The maximum atomic E-state index is 14.4. The van der Waals surface area contributed by atoms with Crippen molar-refractivity contribution in [1.29, 1.82) is 0 Å². The summed E-state index contributed by atoms with van der Waals surface area (Å²) in [6.07, 6.45) is 1.12. The number of rotatable bonds is 8. The third kappa shape index (κ3) is 5.61. The summed E-state index contributed by atoms with van der Waals surface area (Å²) in [7, 11) is 0. The minimum absolute atomic E-state index is 0.0449. The summed E-state index contributed by atoms with van der Waals surface area (Å²) in [6.45, 7) is 5.35. The molecule has 12 heteroatoms. The molecule has 1 atom stereocenters. The molecule has 0 aliphatic carbocycles. The monoisotopic (exact) mass is 495 g/mol. The van der Waals surface area contributed by atoms with Crippen LogP contribution in [0.3, 0.4) is 0 Å². The highest BCUT2D eigenvalue weighted by atomic mass is 19.1. The fourth-order valence-electron chi connectivity index (χ4n) is 3.86. The van der Waals surface area contributed by atoms with Gasteiger partial charge in [-0.2, -0.15) is 4.98 Å². The average Bonchev–Trinajstić information content (AvgIpc) is 2.90. The first-order valence-corrected chi connectivity index (χ1v) is 11.6. The van der Waals surface area contributed by atoms with Crippen molar-refractivity contribution in [2.24, 2.45) is 0 Å². The predicted octanol–water partition coefficient (Wildman–Crippen LogP) is 3.07. The topological polar surface area (TPSA) is 123 Å². The summed E-state index contributed by atoms with van der Waals surface area (Å²) in [5.74, 6) is 0.185. The molecule has 0 saturated carbocycles. The van der Waals surface area contributed by atoms with E-state index in [-0.39, 0.29) is 36.2 Å². The Morgan fingerprint density at radius 2 is 2.06 bits per heavy atom. The van der Waals surface area contributed by atoms with Gasteiger partial charge in [-0.15, -0.1) is 0 Å². The molecule has 2 aliphatic rings. The van der Waals surface area contributed by atoms with Crippen LogP contribution in [0, 0.1) is 5.82 Å². The number of morpholine rings is 1. The number of carbonyl (C=O) groups is 1. The summed E-state index contributed by atoms with van der Waals surface area (Å²) >= 11 is 0. The van der Waals surface area contributed by atoms with Gasteiger partial charge in [-0.25, -0.2) is 14.4 Å². The second-order valence-electron chi connectivity index (χ2n) is 8.17. The Hall–Kier alpha value is -4.03. The molecule has 2 aromatic heterocycles. The standard InChI is InChI=1S/C24H26FN7O4/c1-2-34-13-17-12-32(9-10-35-17)16-5-3-15(4-6-16)27-24-26-11-18(25)22(31-24)28-20-8-7-19-23(29-20)30-21(33)14-36-19/h3-8,11,17H,2,9-10,12-14H2,1H3,(H3,26,27,28,29,30,31,33)/t17-/m0/s1. The molecule has 4 heterocycles. The van der Waals surface area contributed by atoms with Crippen LogP contribution >= 0.6 is 0 Å². The molecular weight excluding hydrogens is 469 g/mol. The first-order valence-electron chi connectivity index (χ1n) is 11.6. The van der Waals surface area contributed by atoms with Gasteiger partial charge in [0.25, 0.3) is 5.91 Å². The summed E-state index contributed by atoms with van der Waals surface area (Å²) in [4.78, 5) is 26.3. The number of pyridine rings is 1. The predicted molar refractivity (Wildman–Crippen MR) is 132 cm³/mol. The highest BCUT2D eigenvalue weighted by Gasteiger charge is 2.21. The lowest BCUT2D eigenvalue weighted by Gasteiger charge is -2.34. The van der Waals surface area contributed by atoms with E-state index in [1.54, 1.807) is 12.1 Å². The van der Waals surface area contributed by atoms with Crippen molar-refractivity contribution < 1.29 is 23.4 Å². The number of nitrogens with zero attached hydrogens (tertiary/aromatic N) is 4. The number of hydrogen-bond acceptors (Lipinski definition) is 10. The molecular formula is C24H26FN7O4. The SMILES string of the molecule is CCOC[C@@H]1CN(c2ccc(Nc3ncc(F)c(Nc4ccc5c(n4)NC(=O)CO5)n3)cc2)CCO1. The van der Waals surface area contributed by atoms with E-state index in [2.05, 4.69) is 35.8 Å². The number of ether oxygens (including phenoxy) is 3. The Morgan fingerprint density at radius 1 is 1.19 bits per heavy atom. The number of halogens is 1. The molecule has 0 unspecified atom stereocenters. The molecule has 0 spiro atoms. The Kier molecular flexibility index (Phi) is 7.05. The first kappa shape index (κ1) is 23.7. The van der Waals surface area contributed by atoms with E-state index < -0.39 is 5.82 Å². The van der Waals surface area contributed by atoms with Crippen LogP contribution in [-0.2, 0) is 14.3 Å². The van der Waals surface area contributed by atoms with Gasteiger partial charge in [-0.1, -0.05) is 0 Å². The van der Waals surface area contributed by atoms with E-state index in [1.165, 1.54) is 0 Å². The lowest BCUT2D eigenvalue weighted by Crippen LogP contribution is -2.44. The molecule has 0 bridgehead atoms. The molecule has 188 valence electrons. The van der Waals surface area contributed by atoms with Crippen LogP contribution in [0.25, 0.3) is 0 Å². The van der Waals surface area contributed by atoms with Gasteiger partial charge in [0.2, 0.25) is 5.95 Å². The fourth-order valence-corrected chi connectivity index (χ4v) is 3.86. The molecule has 0 radical (unpaired) electrons. The van der Waals surface area contributed by atoms with Crippen molar-refractivity contribution in [2.75, 3.05) is 60.4 Å². The zero-order valence-corrected chi connectivity index (χ0v) is 19.7. The summed E-state index contributed by atoms with van der Waals surface area (Å²) < 4.78 is 31.0. The van der Waals surface area contributed by atoms with Crippen LogP contribution in [-0.4, -0.2) is 66.5 Å². The van der Waals surface area contributed by atoms with Crippen molar-refractivity contribution in [3.63, 3.8) is 0 Å². The van der Waals surface area contributed by atoms with E-state index in [1.807, 2.05) is 31.2 Å². The Bertz CT molecular complexity index is 1230. The molecule has 5 rings (SSSR count).